The van der Waals surface area contributed by atoms with E-state index in [1.807, 2.05) is 7.05 Å². The van der Waals surface area contributed by atoms with E-state index in [2.05, 4.69) is 9.62 Å². The molecule has 7 nitrogen and oxygen atoms in total. The van der Waals surface area contributed by atoms with Gasteiger partial charge in [-0.1, -0.05) is 11.6 Å². The lowest BCUT2D eigenvalue weighted by atomic mass is 10.2. The van der Waals surface area contributed by atoms with Crippen molar-refractivity contribution in [3.63, 3.8) is 0 Å². The van der Waals surface area contributed by atoms with Crippen LogP contribution in [0.25, 0.3) is 0 Å². The fraction of sp³-hybridized carbons (Fsp3) is 0.400. The van der Waals surface area contributed by atoms with Crippen molar-refractivity contribution in [2.75, 3.05) is 39.1 Å². The van der Waals surface area contributed by atoms with E-state index >= 15 is 0 Å². The first-order chi connectivity index (χ1) is 13.7. The Kier molecular flexibility index (Phi) is 6.45. The highest BCUT2D eigenvalue weighted by Gasteiger charge is 2.23. The number of likely N-dealkylation sites (tertiary alicyclic amines) is 1. The third-order valence-electron chi connectivity index (χ3n) is 4.80. The molecule has 1 saturated heterocycles. The maximum atomic E-state index is 13.0. The number of aryl methyl sites for hydroxylation is 1. The molecule has 0 bridgehead atoms. The van der Waals surface area contributed by atoms with Gasteiger partial charge in [0, 0.05) is 25.2 Å². The number of hydrogen-bond donors (Lipinski definition) is 1. The average Bonchev–Trinajstić information content (AvgIpc) is 3.08. The van der Waals surface area contributed by atoms with Gasteiger partial charge in [-0.15, -0.1) is 0 Å². The summed E-state index contributed by atoms with van der Waals surface area (Å²) in [6.07, 6.45) is 0.922. The number of rotatable bonds is 7. The maximum Gasteiger partial charge on any atom is 0.262 e. The lowest BCUT2D eigenvalue weighted by Crippen LogP contribution is -2.21. The third-order valence-corrected chi connectivity index (χ3v) is 6.63. The molecule has 0 amide bonds. The Morgan fingerprint density at radius 3 is 2.41 bits per heavy atom. The smallest absolute Gasteiger partial charge is 0.262 e. The van der Waals surface area contributed by atoms with Crippen LogP contribution in [0.4, 0.5) is 5.69 Å². The summed E-state index contributed by atoms with van der Waals surface area (Å²) >= 11 is 6.25. The minimum absolute atomic E-state index is 0.0254. The number of hydrogen-bond acceptors (Lipinski definition) is 6. The van der Waals surface area contributed by atoms with Crippen LogP contribution in [0.15, 0.2) is 35.2 Å². The first-order valence-electron chi connectivity index (χ1n) is 9.13. The van der Waals surface area contributed by atoms with Crippen molar-refractivity contribution in [2.24, 2.45) is 0 Å². The Morgan fingerprint density at radius 1 is 1.10 bits per heavy atom. The second-order valence-corrected chi connectivity index (χ2v) is 9.07. The minimum atomic E-state index is -3.86. The van der Waals surface area contributed by atoms with Gasteiger partial charge in [-0.3, -0.25) is 4.72 Å². The normalized spacial score (nSPS) is 17.2. The number of benzene rings is 2. The lowest BCUT2D eigenvalue weighted by Gasteiger charge is -2.17. The van der Waals surface area contributed by atoms with Gasteiger partial charge in [0.15, 0.2) is 11.5 Å². The highest BCUT2D eigenvalue weighted by molar-refractivity contribution is 7.92. The van der Waals surface area contributed by atoms with Crippen LogP contribution in [0.1, 0.15) is 12.0 Å². The molecule has 0 spiro atoms. The van der Waals surface area contributed by atoms with Crippen molar-refractivity contribution in [1.82, 2.24) is 4.90 Å². The Balaban J connectivity index is 1.86. The fourth-order valence-corrected chi connectivity index (χ4v) is 4.74. The van der Waals surface area contributed by atoms with Crippen LogP contribution in [-0.4, -0.2) is 53.8 Å². The summed E-state index contributed by atoms with van der Waals surface area (Å²) in [5.41, 5.74) is 0.902. The van der Waals surface area contributed by atoms with Gasteiger partial charge in [0.2, 0.25) is 0 Å². The summed E-state index contributed by atoms with van der Waals surface area (Å²) in [6.45, 7) is 3.45. The van der Waals surface area contributed by atoms with Crippen molar-refractivity contribution in [3.05, 3.63) is 40.9 Å². The number of methoxy groups -OCH3 is 2. The van der Waals surface area contributed by atoms with Gasteiger partial charge in [-0.2, -0.15) is 0 Å². The zero-order chi connectivity index (χ0) is 21.2. The SMILES string of the molecule is COc1cc(C)c(S(=O)(=O)Nc2ccc(Cl)c(O[C@@H]3CCN(C)C3)c2)cc1OC. The number of likely N-dealkylation sites (N-methyl/N-ethyl adjacent to an activating group) is 1. The van der Waals surface area contributed by atoms with Crippen LogP contribution in [0.2, 0.25) is 5.02 Å². The fourth-order valence-electron chi connectivity index (χ4n) is 3.29. The van der Waals surface area contributed by atoms with Crippen LogP contribution >= 0.6 is 11.6 Å². The molecule has 1 aliphatic rings. The first-order valence-corrected chi connectivity index (χ1v) is 11.0. The summed E-state index contributed by atoms with van der Waals surface area (Å²) < 4.78 is 45.0. The first kappa shape index (κ1) is 21.5. The minimum Gasteiger partial charge on any atom is -0.493 e. The Hall–Kier alpha value is -2.16. The van der Waals surface area contributed by atoms with E-state index in [-0.39, 0.29) is 11.0 Å². The van der Waals surface area contributed by atoms with E-state index in [4.69, 9.17) is 25.8 Å². The molecule has 1 fully saturated rings. The number of anilines is 1. The molecule has 1 N–H and O–H groups in total. The Labute approximate surface area is 176 Å². The van der Waals surface area contributed by atoms with Gasteiger partial charge in [0.05, 0.1) is 29.8 Å². The van der Waals surface area contributed by atoms with E-state index in [1.165, 1.54) is 20.3 Å². The molecular formula is C20H25ClN2O5S. The van der Waals surface area contributed by atoms with Gasteiger partial charge >= 0.3 is 0 Å². The van der Waals surface area contributed by atoms with E-state index in [9.17, 15) is 8.42 Å². The molecule has 0 aliphatic carbocycles. The maximum absolute atomic E-state index is 13.0. The Bertz CT molecular complexity index is 997. The van der Waals surface area contributed by atoms with Crippen LogP contribution in [0.5, 0.6) is 17.2 Å². The molecule has 0 saturated carbocycles. The second-order valence-electron chi connectivity index (χ2n) is 7.01. The molecule has 158 valence electrons. The number of nitrogens with zero attached hydrogens (tertiary/aromatic N) is 1. The van der Waals surface area contributed by atoms with Gasteiger partial charge in [-0.25, -0.2) is 8.42 Å². The summed E-state index contributed by atoms with van der Waals surface area (Å²) in [7, 11) is 1.13. The summed E-state index contributed by atoms with van der Waals surface area (Å²) in [4.78, 5) is 2.27. The standard InChI is InChI=1S/C20H25ClN2O5S/c1-13-9-18(26-3)19(27-4)11-20(13)29(24,25)22-14-5-6-16(21)17(10-14)28-15-7-8-23(2)12-15/h5-6,9-11,15,22H,7-8,12H2,1-4H3/t15-/m1/s1. The molecular weight excluding hydrogens is 416 g/mol. The number of halogens is 1. The predicted octanol–water partition coefficient (Wildman–Crippen LogP) is 3.55. The monoisotopic (exact) mass is 440 g/mol. The van der Waals surface area contributed by atoms with Crippen molar-refractivity contribution >= 4 is 27.3 Å². The van der Waals surface area contributed by atoms with Crippen molar-refractivity contribution in [3.8, 4) is 17.2 Å². The highest BCUT2D eigenvalue weighted by Crippen LogP contribution is 2.34. The average molecular weight is 441 g/mol. The molecule has 0 radical (unpaired) electrons. The zero-order valence-electron chi connectivity index (χ0n) is 16.9. The lowest BCUT2D eigenvalue weighted by molar-refractivity contribution is 0.208. The number of sulfonamides is 1. The van der Waals surface area contributed by atoms with Gasteiger partial charge in [0.1, 0.15) is 11.9 Å². The van der Waals surface area contributed by atoms with Gasteiger partial charge in [0.25, 0.3) is 10.0 Å². The molecule has 2 aromatic rings. The molecule has 0 aromatic heterocycles. The van der Waals surface area contributed by atoms with E-state index in [1.54, 1.807) is 31.2 Å². The molecule has 1 atom stereocenters. The van der Waals surface area contributed by atoms with E-state index in [0.717, 1.165) is 19.5 Å². The third kappa shape index (κ3) is 4.88. The molecule has 29 heavy (non-hydrogen) atoms. The molecule has 9 heteroatoms. The van der Waals surface area contributed by atoms with Gasteiger partial charge in [-0.05, 0) is 44.2 Å². The number of ether oxygens (including phenoxy) is 3. The van der Waals surface area contributed by atoms with Crippen molar-refractivity contribution in [1.29, 1.82) is 0 Å². The van der Waals surface area contributed by atoms with Crippen LogP contribution in [-0.2, 0) is 10.0 Å². The van der Waals surface area contributed by atoms with E-state index in [0.29, 0.717) is 33.5 Å². The summed E-state index contributed by atoms with van der Waals surface area (Å²) in [5.74, 6) is 1.26. The number of nitrogens with one attached hydrogen (secondary N) is 1. The topological polar surface area (TPSA) is 77.1 Å². The predicted molar refractivity (Wildman–Crippen MR) is 113 cm³/mol. The van der Waals surface area contributed by atoms with Crippen LogP contribution < -0.4 is 18.9 Å². The molecule has 2 aromatic carbocycles. The van der Waals surface area contributed by atoms with Crippen LogP contribution in [0, 0.1) is 6.92 Å². The highest BCUT2D eigenvalue weighted by atomic mass is 35.5. The quantitative estimate of drug-likeness (QED) is 0.709. The van der Waals surface area contributed by atoms with E-state index < -0.39 is 10.0 Å². The Morgan fingerprint density at radius 2 is 1.79 bits per heavy atom. The van der Waals surface area contributed by atoms with Gasteiger partial charge < -0.3 is 19.1 Å². The molecule has 1 aliphatic heterocycles. The summed E-state index contributed by atoms with van der Waals surface area (Å²) in [5, 5.41) is 0.435. The van der Waals surface area contributed by atoms with Crippen molar-refractivity contribution in [2.45, 2.75) is 24.3 Å². The summed E-state index contributed by atoms with van der Waals surface area (Å²) in [6, 6.07) is 7.89. The second kappa shape index (κ2) is 8.69. The molecule has 1 heterocycles. The molecule has 3 rings (SSSR count). The van der Waals surface area contributed by atoms with Crippen LogP contribution in [0.3, 0.4) is 0 Å². The molecule has 0 unspecified atom stereocenters. The largest absolute Gasteiger partial charge is 0.493 e. The zero-order valence-corrected chi connectivity index (χ0v) is 18.4. The van der Waals surface area contributed by atoms with Crippen molar-refractivity contribution < 1.29 is 22.6 Å².